The first kappa shape index (κ1) is 9.65. The van der Waals surface area contributed by atoms with Crippen LogP contribution in [0.1, 0.15) is 6.92 Å². The molecule has 0 rings (SSSR count). The molecule has 0 aliphatic carbocycles. The lowest BCUT2D eigenvalue weighted by molar-refractivity contribution is -0.148. The molecule has 4 heteroatoms. The van der Waals surface area contributed by atoms with Gasteiger partial charge in [-0.25, -0.2) is 4.79 Å². The summed E-state index contributed by atoms with van der Waals surface area (Å²) in [6.45, 7) is 5.19. The van der Waals surface area contributed by atoms with Gasteiger partial charge in [-0.05, 0) is 6.92 Å². The molecule has 0 aromatic heterocycles. The van der Waals surface area contributed by atoms with Crippen molar-refractivity contribution < 1.29 is 14.6 Å². The number of carboxylic acid groups (broad SMARTS) is 1. The number of ether oxygens (including phenoxy) is 1. The second-order valence-electron chi connectivity index (χ2n) is 1.81. The van der Waals surface area contributed by atoms with Gasteiger partial charge >= 0.3 is 5.97 Å². The molecule has 0 spiro atoms. The van der Waals surface area contributed by atoms with Crippen molar-refractivity contribution in [1.82, 2.24) is 0 Å². The largest absolute Gasteiger partial charge is 0.479 e. The second-order valence-corrected chi connectivity index (χ2v) is 2.93. The predicted molar refractivity (Wildman–Crippen MR) is 41.1 cm³/mol. The second kappa shape index (κ2) is 4.46. The van der Waals surface area contributed by atoms with Crippen LogP contribution in [0.25, 0.3) is 0 Å². The Morgan fingerprint density at radius 2 is 2.40 bits per heavy atom. The molecule has 0 bridgehead atoms. The average molecular weight is 209 g/mol. The molecule has 0 saturated heterocycles. The smallest absolute Gasteiger partial charge is 0.332 e. The van der Waals surface area contributed by atoms with Crippen molar-refractivity contribution in [3.8, 4) is 0 Å². The van der Waals surface area contributed by atoms with Crippen LogP contribution in [0.4, 0.5) is 0 Å². The van der Waals surface area contributed by atoms with Crippen molar-refractivity contribution in [2.75, 3.05) is 6.61 Å². The van der Waals surface area contributed by atoms with Crippen molar-refractivity contribution in [1.29, 1.82) is 0 Å². The summed E-state index contributed by atoms with van der Waals surface area (Å²) in [5.74, 6) is -0.964. The number of hydrogen-bond donors (Lipinski definition) is 1. The third kappa shape index (κ3) is 4.52. The zero-order valence-corrected chi connectivity index (χ0v) is 7.22. The lowest BCUT2D eigenvalue weighted by atomic mass is 10.4. The van der Waals surface area contributed by atoms with Gasteiger partial charge < -0.3 is 9.84 Å². The molecule has 1 atom stereocenters. The highest BCUT2D eigenvalue weighted by atomic mass is 79.9. The van der Waals surface area contributed by atoms with Gasteiger partial charge in [0, 0.05) is 4.48 Å². The van der Waals surface area contributed by atoms with Crippen LogP contribution in [-0.4, -0.2) is 23.8 Å². The molecule has 0 aliphatic heterocycles. The zero-order chi connectivity index (χ0) is 8.15. The van der Waals surface area contributed by atoms with Crippen molar-refractivity contribution in [3.63, 3.8) is 0 Å². The quantitative estimate of drug-likeness (QED) is 0.760. The van der Waals surface area contributed by atoms with E-state index in [1.54, 1.807) is 0 Å². The molecule has 1 N–H and O–H groups in total. The number of carbonyl (C=O) groups is 1. The summed E-state index contributed by atoms with van der Waals surface area (Å²) in [4.78, 5) is 10.1. The number of halogens is 1. The van der Waals surface area contributed by atoms with E-state index < -0.39 is 12.1 Å². The van der Waals surface area contributed by atoms with Crippen LogP contribution in [0.2, 0.25) is 0 Å². The fourth-order valence-corrected chi connectivity index (χ4v) is 0.419. The van der Waals surface area contributed by atoms with E-state index in [1.807, 2.05) is 0 Å². The van der Waals surface area contributed by atoms with Gasteiger partial charge in [-0.1, -0.05) is 22.5 Å². The van der Waals surface area contributed by atoms with Gasteiger partial charge in [0.05, 0.1) is 6.61 Å². The molecular formula is C6H9BrO3. The summed E-state index contributed by atoms with van der Waals surface area (Å²) >= 11 is 3.04. The number of rotatable bonds is 4. The SMILES string of the molecule is C=C(Br)COC(C)C(=O)O. The average Bonchev–Trinajstić information content (AvgIpc) is 1.82. The highest BCUT2D eigenvalue weighted by Gasteiger charge is 2.09. The topological polar surface area (TPSA) is 46.5 Å². The first-order valence-electron chi connectivity index (χ1n) is 2.71. The molecule has 0 fully saturated rings. The van der Waals surface area contributed by atoms with E-state index in [0.717, 1.165) is 0 Å². The Morgan fingerprint density at radius 1 is 1.90 bits per heavy atom. The van der Waals surface area contributed by atoms with Crippen LogP contribution in [0, 0.1) is 0 Å². The normalized spacial score (nSPS) is 12.6. The van der Waals surface area contributed by atoms with Crippen LogP contribution in [0.3, 0.4) is 0 Å². The first-order chi connectivity index (χ1) is 4.54. The molecule has 58 valence electrons. The standard InChI is InChI=1S/C6H9BrO3/c1-4(7)3-10-5(2)6(8)9/h5H,1,3H2,2H3,(H,8,9). The number of carboxylic acids is 1. The minimum absolute atomic E-state index is 0.230. The Kier molecular flexibility index (Phi) is 4.31. The predicted octanol–water partition coefficient (Wildman–Crippen LogP) is 1.38. The Morgan fingerprint density at radius 3 is 2.70 bits per heavy atom. The highest BCUT2D eigenvalue weighted by Crippen LogP contribution is 2.02. The van der Waals surface area contributed by atoms with Gasteiger partial charge in [0.25, 0.3) is 0 Å². The molecular weight excluding hydrogens is 200 g/mol. The summed E-state index contributed by atoms with van der Waals surface area (Å²) in [5.41, 5.74) is 0. The fraction of sp³-hybridized carbons (Fsp3) is 0.500. The third-order valence-electron chi connectivity index (χ3n) is 0.838. The molecule has 0 aliphatic rings. The lowest BCUT2D eigenvalue weighted by Crippen LogP contribution is -2.20. The molecule has 0 aromatic carbocycles. The molecule has 0 saturated carbocycles. The molecule has 0 radical (unpaired) electrons. The summed E-state index contributed by atoms with van der Waals surface area (Å²) < 4.78 is 5.46. The van der Waals surface area contributed by atoms with E-state index in [2.05, 4.69) is 22.5 Å². The van der Waals surface area contributed by atoms with Gasteiger partial charge in [-0.15, -0.1) is 0 Å². The third-order valence-corrected chi connectivity index (χ3v) is 1.07. The van der Waals surface area contributed by atoms with Crippen LogP contribution in [0.15, 0.2) is 11.1 Å². The monoisotopic (exact) mass is 208 g/mol. The highest BCUT2D eigenvalue weighted by molar-refractivity contribution is 9.11. The summed E-state index contributed by atoms with van der Waals surface area (Å²) in [6, 6.07) is 0. The van der Waals surface area contributed by atoms with E-state index in [9.17, 15) is 4.79 Å². The summed E-state index contributed by atoms with van der Waals surface area (Å²) in [6.07, 6.45) is -0.769. The Hall–Kier alpha value is -0.350. The van der Waals surface area contributed by atoms with Crippen molar-refractivity contribution in [2.45, 2.75) is 13.0 Å². The van der Waals surface area contributed by atoms with E-state index in [1.165, 1.54) is 6.92 Å². The summed E-state index contributed by atoms with van der Waals surface area (Å²) in [7, 11) is 0. The van der Waals surface area contributed by atoms with E-state index >= 15 is 0 Å². The fourth-order valence-electron chi connectivity index (χ4n) is 0.287. The summed E-state index contributed by atoms with van der Waals surface area (Å²) in [5, 5.41) is 8.32. The minimum atomic E-state index is -0.964. The number of aliphatic carboxylic acids is 1. The van der Waals surface area contributed by atoms with Crippen molar-refractivity contribution in [3.05, 3.63) is 11.1 Å². The Balaban J connectivity index is 3.49. The minimum Gasteiger partial charge on any atom is -0.479 e. The van der Waals surface area contributed by atoms with Gasteiger partial charge in [0.1, 0.15) is 0 Å². The maximum atomic E-state index is 10.1. The molecule has 1 unspecified atom stereocenters. The number of hydrogen-bond acceptors (Lipinski definition) is 2. The zero-order valence-electron chi connectivity index (χ0n) is 5.63. The van der Waals surface area contributed by atoms with Gasteiger partial charge in [-0.2, -0.15) is 0 Å². The van der Waals surface area contributed by atoms with Crippen LogP contribution in [-0.2, 0) is 9.53 Å². The first-order valence-corrected chi connectivity index (χ1v) is 3.51. The van der Waals surface area contributed by atoms with Crippen LogP contribution >= 0.6 is 15.9 Å². The molecule has 0 aromatic rings. The van der Waals surface area contributed by atoms with Gasteiger partial charge in [0.2, 0.25) is 0 Å². The van der Waals surface area contributed by atoms with Gasteiger partial charge in [-0.3, -0.25) is 0 Å². The maximum Gasteiger partial charge on any atom is 0.332 e. The van der Waals surface area contributed by atoms with Crippen LogP contribution < -0.4 is 0 Å². The molecule has 10 heavy (non-hydrogen) atoms. The lowest BCUT2D eigenvalue weighted by Gasteiger charge is -2.05. The Bertz CT molecular complexity index is 144. The van der Waals surface area contributed by atoms with Crippen molar-refractivity contribution in [2.24, 2.45) is 0 Å². The van der Waals surface area contributed by atoms with E-state index in [-0.39, 0.29) is 6.61 Å². The molecule has 3 nitrogen and oxygen atoms in total. The van der Waals surface area contributed by atoms with Crippen LogP contribution in [0.5, 0.6) is 0 Å². The maximum absolute atomic E-state index is 10.1. The Labute approximate surface area is 67.8 Å². The van der Waals surface area contributed by atoms with E-state index in [0.29, 0.717) is 4.48 Å². The molecule has 0 amide bonds. The van der Waals surface area contributed by atoms with E-state index in [4.69, 9.17) is 9.84 Å². The van der Waals surface area contributed by atoms with Gasteiger partial charge in [0.15, 0.2) is 6.10 Å². The molecule has 0 heterocycles. The van der Waals surface area contributed by atoms with Crippen molar-refractivity contribution >= 4 is 21.9 Å².